The lowest BCUT2D eigenvalue weighted by molar-refractivity contribution is -0.138. The summed E-state index contributed by atoms with van der Waals surface area (Å²) < 4.78 is 88.9. The van der Waals surface area contributed by atoms with Gasteiger partial charge in [0.2, 0.25) is 11.6 Å². The Morgan fingerprint density at radius 1 is 0.559 bits per heavy atom. The number of halogens is 6. The summed E-state index contributed by atoms with van der Waals surface area (Å²) in [6.45, 7) is 0. The Balaban J connectivity index is 1.73. The number of hydrogen-bond acceptors (Lipinski definition) is 4. The number of carbonyl (C=O) groups is 2. The number of rotatable bonds is 4. The third-order valence-corrected chi connectivity index (χ3v) is 4.79. The molecule has 10 heteroatoms. The maximum absolute atomic E-state index is 13.0. The predicted molar refractivity (Wildman–Crippen MR) is 106 cm³/mol. The Morgan fingerprint density at radius 3 is 1.29 bits per heavy atom. The van der Waals surface area contributed by atoms with E-state index < -0.39 is 35.0 Å². The third kappa shape index (κ3) is 4.66. The van der Waals surface area contributed by atoms with Crippen molar-refractivity contribution < 1.29 is 45.4 Å². The number of benzene rings is 2. The van der Waals surface area contributed by atoms with E-state index >= 15 is 0 Å². The highest BCUT2D eigenvalue weighted by Crippen LogP contribution is 2.36. The number of ketones is 2. The normalized spacial score (nSPS) is 16.2. The zero-order valence-corrected chi connectivity index (χ0v) is 16.8. The summed E-state index contributed by atoms with van der Waals surface area (Å²) in [5.74, 6) is -2.66. The van der Waals surface area contributed by atoms with Crippen LogP contribution in [0, 0.1) is 0 Å². The van der Waals surface area contributed by atoms with Crippen molar-refractivity contribution in [2.75, 3.05) is 0 Å². The second-order valence-corrected chi connectivity index (χ2v) is 7.14. The lowest BCUT2D eigenvalue weighted by Gasteiger charge is -2.22. The molecular formula is C24H12F6O4. The first kappa shape index (κ1) is 23.1. The molecule has 2 aromatic carbocycles. The average Bonchev–Trinajstić information content (AvgIpc) is 2.77. The van der Waals surface area contributed by atoms with Gasteiger partial charge in [-0.25, -0.2) is 0 Å². The molecule has 2 aromatic rings. The van der Waals surface area contributed by atoms with Crippen molar-refractivity contribution in [3.63, 3.8) is 0 Å². The Bertz CT molecular complexity index is 1210. The van der Waals surface area contributed by atoms with Gasteiger partial charge in [0.15, 0.2) is 11.5 Å². The first-order chi connectivity index (χ1) is 15.9. The van der Waals surface area contributed by atoms with E-state index in [1.54, 1.807) is 0 Å². The fourth-order valence-corrected chi connectivity index (χ4v) is 3.23. The molecule has 0 atom stereocenters. The molecular weight excluding hydrogens is 466 g/mol. The lowest BCUT2D eigenvalue weighted by Crippen LogP contribution is -2.21. The Labute approximate surface area is 188 Å². The van der Waals surface area contributed by atoms with E-state index in [1.165, 1.54) is 24.3 Å². The molecule has 4 nitrogen and oxygen atoms in total. The summed E-state index contributed by atoms with van der Waals surface area (Å²) in [6.07, 6.45) is -4.79. The molecule has 2 aliphatic carbocycles. The molecule has 0 bridgehead atoms. The highest BCUT2D eigenvalue weighted by Gasteiger charge is 2.33. The van der Waals surface area contributed by atoms with Crippen LogP contribution in [0.1, 0.15) is 11.1 Å². The van der Waals surface area contributed by atoms with E-state index in [2.05, 4.69) is 0 Å². The van der Waals surface area contributed by atoms with Crippen LogP contribution in [-0.4, -0.2) is 11.6 Å². The largest absolute Gasteiger partial charge is 0.453 e. The summed E-state index contributed by atoms with van der Waals surface area (Å²) in [6, 6.07) is 7.72. The highest BCUT2D eigenvalue weighted by molar-refractivity contribution is 6.11. The van der Waals surface area contributed by atoms with Crippen molar-refractivity contribution in [1.29, 1.82) is 0 Å². The van der Waals surface area contributed by atoms with Crippen molar-refractivity contribution in [1.82, 2.24) is 0 Å². The minimum absolute atomic E-state index is 0.0338. The maximum atomic E-state index is 13.0. The molecule has 0 amide bonds. The zero-order valence-electron chi connectivity index (χ0n) is 16.8. The zero-order chi connectivity index (χ0) is 24.7. The molecule has 0 fully saturated rings. The van der Waals surface area contributed by atoms with Gasteiger partial charge in [0, 0.05) is 11.1 Å². The molecule has 0 aliphatic heterocycles. The van der Waals surface area contributed by atoms with Crippen LogP contribution in [0.15, 0.2) is 95.5 Å². The number of hydrogen-bond donors (Lipinski definition) is 0. The molecule has 0 N–H and O–H groups in total. The van der Waals surface area contributed by atoms with E-state index in [1.807, 2.05) is 0 Å². The van der Waals surface area contributed by atoms with Crippen LogP contribution in [0.3, 0.4) is 0 Å². The van der Waals surface area contributed by atoms with Crippen molar-refractivity contribution in [3.8, 4) is 11.5 Å². The lowest BCUT2D eigenvalue weighted by atomic mass is 9.91. The van der Waals surface area contributed by atoms with Gasteiger partial charge < -0.3 is 9.47 Å². The minimum Gasteiger partial charge on any atom is -0.453 e. The Hall–Kier alpha value is -4.08. The number of carbonyl (C=O) groups excluding carboxylic acids is 2. The summed E-state index contributed by atoms with van der Waals surface area (Å²) in [7, 11) is 0. The minimum atomic E-state index is -4.64. The monoisotopic (exact) mass is 478 g/mol. The van der Waals surface area contributed by atoms with Crippen LogP contribution in [-0.2, 0) is 21.9 Å². The van der Waals surface area contributed by atoms with Gasteiger partial charge in [-0.2, -0.15) is 26.3 Å². The molecule has 0 aromatic heterocycles. The molecule has 174 valence electrons. The quantitative estimate of drug-likeness (QED) is 0.509. The van der Waals surface area contributed by atoms with Gasteiger partial charge in [-0.1, -0.05) is 12.1 Å². The average molecular weight is 478 g/mol. The van der Waals surface area contributed by atoms with Crippen LogP contribution < -0.4 is 9.47 Å². The second-order valence-electron chi connectivity index (χ2n) is 7.14. The van der Waals surface area contributed by atoms with Gasteiger partial charge in [-0.15, -0.1) is 0 Å². The molecule has 0 heterocycles. The summed E-state index contributed by atoms with van der Waals surface area (Å²) >= 11 is 0. The van der Waals surface area contributed by atoms with Gasteiger partial charge >= 0.3 is 12.4 Å². The van der Waals surface area contributed by atoms with Crippen molar-refractivity contribution >= 4 is 11.6 Å². The van der Waals surface area contributed by atoms with Gasteiger partial charge in [0.1, 0.15) is 11.5 Å². The molecule has 0 saturated heterocycles. The van der Waals surface area contributed by atoms with Crippen LogP contribution >= 0.6 is 0 Å². The number of alkyl halides is 6. The molecule has 34 heavy (non-hydrogen) atoms. The highest BCUT2D eigenvalue weighted by atomic mass is 19.4. The summed E-state index contributed by atoms with van der Waals surface area (Å²) in [5, 5.41) is 0. The van der Waals surface area contributed by atoms with Crippen molar-refractivity contribution in [3.05, 3.63) is 107 Å². The second kappa shape index (κ2) is 8.36. The van der Waals surface area contributed by atoms with Crippen LogP contribution in [0.5, 0.6) is 11.5 Å². The van der Waals surface area contributed by atoms with E-state index in [4.69, 9.17) is 9.47 Å². The summed E-state index contributed by atoms with van der Waals surface area (Å²) in [5.41, 5.74) is -1.92. The van der Waals surface area contributed by atoms with Gasteiger partial charge in [-0.05, 0) is 60.7 Å². The maximum Gasteiger partial charge on any atom is 0.416 e. The SMILES string of the molecule is O=C1C=CC2=C(Oc3cccc(C(F)(F)F)c3)C(=O)C=CC2=C1Oc1cccc(C(F)(F)F)c1. The van der Waals surface area contributed by atoms with Crippen LogP contribution in [0.2, 0.25) is 0 Å². The van der Waals surface area contributed by atoms with E-state index in [-0.39, 0.29) is 34.2 Å². The molecule has 2 aliphatic rings. The Morgan fingerprint density at radius 2 is 0.941 bits per heavy atom. The van der Waals surface area contributed by atoms with Gasteiger partial charge in [0.25, 0.3) is 0 Å². The van der Waals surface area contributed by atoms with Gasteiger partial charge in [-0.3, -0.25) is 9.59 Å². The molecule has 0 saturated carbocycles. The fraction of sp³-hybridized carbons (Fsp3) is 0.0833. The van der Waals surface area contributed by atoms with Crippen LogP contribution in [0.4, 0.5) is 26.3 Å². The van der Waals surface area contributed by atoms with E-state index in [0.29, 0.717) is 12.1 Å². The molecule has 0 radical (unpaired) electrons. The molecule has 0 spiro atoms. The fourth-order valence-electron chi connectivity index (χ4n) is 3.23. The smallest absolute Gasteiger partial charge is 0.416 e. The molecule has 0 unspecified atom stereocenters. The Kier molecular flexibility index (Phi) is 5.68. The predicted octanol–water partition coefficient (Wildman–Crippen LogP) is 5.97. The molecule has 4 rings (SSSR count). The van der Waals surface area contributed by atoms with Crippen molar-refractivity contribution in [2.24, 2.45) is 0 Å². The standard InChI is InChI=1S/C24H12F6O4/c25-23(26,27)13-3-1-5-15(11-13)33-21-17-7-10-20(32)22(18(17)8-9-19(21)31)34-16-6-2-4-14(12-16)24(28,29)30/h1-12H. The number of ether oxygens (including phenoxy) is 2. The first-order valence-electron chi connectivity index (χ1n) is 9.57. The van der Waals surface area contributed by atoms with E-state index in [0.717, 1.165) is 36.4 Å². The van der Waals surface area contributed by atoms with Gasteiger partial charge in [0.05, 0.1) is 11.1 Å². The third-order valence-electron chi connectivity index (χ3n) is 4.79. The number of fused-ring (bicyclic) bond motifs is 1. The first-order valence-corrected chi connectivity index (χ1v) is 9.57. The van der Waals surface area contributed by atoms with Crippen molar-refractivity contribution in [2.45, 2.75) is 12.4 Å². The summed E-state index contributed by atoms with van der Waals surface area (Å²) in [4.78, 5) is 24.9. The number of allylic oxidation sites excluding steroid dienone is 6. The van der Waals surface area contributed by atoms with Crippen LogP contribution in [0.25, 0.3) is 0 Å². The topological polar surface area (TPSA) is 52.6 Å². The van der Waals surface area contributed by atoms with E-state index in [9.17, 15) is 35.9 Å².